The Hall–Kier alpha value is -1.90. The van der Waals surface area contributed by atoms with Gasteiger partial charge in [-0.1, -0.05) is 0 Å². The second-order valence-corrected chi connectivity index (χ2v) is 5.56. The summed E-state index contributed by atoms with van der Waals surface area (Å²) in [6.07, 6.45) is 2.46. The van der Waals surface area contributed by atoms with Crippen LogP contribution in [-0.2, 0) is 5.79 Å². The van der Waals surface area contributed by atoms with E-state index in [2.05, 4.69) is 20.7 Å². The van der Waals surface area contributed by atoms with Gasteiger partial charge in [0.15, 0.2) is 11.6 Å². The van der Waals surface area contributed by atoms with Gasteiger partial charge in [-0.15, -0.1) is 0 Å². The Bertz CT molecular complexity index is 574. The number of hydrazine groups is 1. The number of halogens is 1. The van der Waals surface area contributed by atoms with Crippen LogP contribution in [-0.4, -0.2) is 37.1 Å². The minimum absolute atomic E-state index is 0.161. The standard InChI is InChI=1S/C14H21FN6O/c15-11-9-10(14(17)18-13(16)19-20-14)3-4-12(11)22-8-7-21-5-1-2-6-21/h3-4,9,20H,1-2,5-8,17H2,(H3,16,18,19). The van der Waals surface area contributed by atoms with Crippen LogP contribution < -0.4 is 27.1 Å². The first kappa shape index (κ1) is 15.0. The Kier molecular flexibility index (Phi) is 4.14. The quantitative estimate of drug-likeness (QED) is 0.601. The van der Waals surface area contributed by atoms with E-state index in [1.807, 2.05) is 0 Å². The van der Waals surface area contributed by atoms with Crippen molar-refractivity contribution in [3.63, 3.8) is 0 Å². The number of rotatable bonds is 5. The molecule has 120 valence electrons. The van der Waals surface area contributed by atoms with Crippen molar-refractivity contribution >= 4 is 5.96 Å². The minimum atomic E-state index is -1.26. The van der Waals surface area contributed by atoms with Crippen molar-refractivity contribution in [2.45, 2.75) is 18.6 Å². The summed E-state index contributed by atoms with van der Waals surface area (Å²) in [5.74, 6) is -1.35. The van der Waals surface area contributed by atoms with Gasteiger partial charge in [-0.25, -0.2) is 9.38 Å². The van der Waals surface area contributed by atoms with E-state index in [-0.39, 0.29) is 11.7 Å². The molecule has 2 aliphatic heterocycles. The molecule has 2 aliphatic rings. The molecule has 0 aliphatic carbocycles. The van der Waals surface area contributed by atoms with Crippen LogP contribution in [0.1, 0.15) is 18.4 Å². The molecular weight excluding hydrogens is 287 g/mol. The summed E-state index contributed by atoms with van der Waals surface area (Å²) in [6, 6.07) is 4.54. The summed E-state index contributed by atoms with van der Waals surface area (Å²) in [5.41, 5.74) is 17.3. The predicted molar refractivity (Wildman–Crippen MR) is 81.3 cm³/mol. The third-order valence-corrected chi connectivity index (χ3v) is 3.91. The van der Waals surface area contributed by atoms with E-state index >= 15 is 0 Å². The van der Waals surface area contributed by atoms with E-state index in [1.54, 1.807) is 12.1 Å². The van der Waals surface area contributed by atoms with Crippen molar-refractivity contribution in [2.75, 3.05) is 26.2 Å². The van der Waals surface area contributed by atoms with Crippen molar-refractivity contribution in [1.82, 2.24) is 15.8 Å². The van der Waals surface area contributed by atoms with Crippen LogP contribution in [0.15, 0.2) is 23.2 Å². The summed E-state index contributed by atoms with van der Waals surface area (Å²) in [6.45, 7) is 3.47. The van der Waals surface area contributed by atoms with Gasteiger partial charge in [-0.2, -0.15) is 5.43 Å². The van der Waals surface area contributed by atoms with Gasteiger partial charge >= 0.3 is 0 Å². The Labute approximate surface area is 128 Å². The van der Waals surface area contributed by atoms with Crippen molar-refractivity contribution in [1.29, 1.82) is 0 Å². The van der Waals surface area contributed by atoms with Gasteiger partial charge < -0.3 is 10.5 Å². The second-order valence-electron chi connectivity index (χ2n) is 5.56. The molecule has 1 fully saturated rings. The average Bonchev–Trinajstić information content (AvgIpc) is 3.11. The molecule has 1 atom stereocenters. The average molecular weight is 308 g/mol. The van der Waals surface area contributed by atoms with Gasteiger partial charge in [0.05, 0.1) is 0 Å². The zero-order chi connectivity index (χ0) is 15.6. The number of hydrogen-bond acceptors (Lipinski definition) is 7. The molecule has 0 aromatic heterocycles. The molecule has 0 saturated carbocycles. The lowest BCUT2D eigenvalue weighted by atomic mass is 10.1. The Balaban J connectivity index is 1.62. The van der Waals surface area contributed by atoms with Gasteiger partial charge in [-0.05, 0) is 44.1 Å². The molecule has 1 saturated heterocycles. The van der Waals surface area contributed by atoms with Crippen molar-refractivity contribution < 1.29 is 9.13 Å². The lowest BCUT2D eigenvalue weighted by Crippen LogP contribution is -2.50. The highest BCUT2D eigenvalue weighted by Gasteiger charge is 2.32. The number of nitrogens with zero attached hydrogens (tertiary/aromatic N) is 2. The lowest BCUT2D eigenvalue weighted by molar-refractivity contribution is 0.231. The summed E-state index contributed by atoms with van der Waals surface area (Å²) in [5, 5.41) is 0. The van der Waals surface area contributed by atoms with Crippen molar-refractivity contribution in [3.8, 4) is 5.75 Å². The fourth-order valence-corrected chi connectivity index (χ4v) is 2.69. The van der Waals surface area contributed by atoms with Gasteiger partial charge in [0, 0.05) is 12.1 Å². The number of ether oxygens (including phenoxy) is 1. The van der Waals surface area contributed by atoms with E-state index in [4.69, 9.17) is 16.2 Å². The number of hydrogen-bond donors (Lipinski definition) is 4. The third-order valence-electron chi connectivity index (χ3n) is 3.91. The van der Waals surface area contributed by atoms with Gasteiger partial charge in [0.2, 0.25) is 11.7 Å². The molecule has 0 bridgehead atoms. The molecule has 22 heavy (non-hydrogen) atoms. The van der Waals surface area contributed by atoms with Crippen LogP contribution in [0.3, 0.4) is 0 Å². The summed E-state index contributed by atoms with van der Waals surface area (Å²) >= 11 is 0. The smallest absolute Gasteiger partial charge is 0.209 e. The molecule has 1 aromatic carbocycles. The van der Waals surface area contributed by atoms with Crippen LogP contribution in [0.5, 0.6) is 5.75 Å². The lowest BCUT2D eigenvalue weighted by Gasteiger charge is -2.21. The highest BCUT2D eigenvalue weighted by atomic mass is 19.1. The van der Waals surface area contributed by atoms with Crippen LogP contribution in [0.2, 0.25) is 0 Å². The molecule has 7 nitrogen and oxygen atoms in total. The molecule has 0 amide bonds. The van der Waals surface area contributed by atoms with Gasteiger partial charge in [0.1, 0.15) is 6.61 Å². The monoisotopic (exact) mass is 308 g/mol. The topological polar surface area (TPSA) is 101 Å². The summed E-state index contributed by atoms with van der Waals surface area (Å²) in [7, 11) is 0. The molecule has 6 N–H and O–H groups in total. The maximum absolute atomic E-state index is 14.1. The van der Waals surface area contributed by atoms with E-state index in [9.17, 15) is 4.39 Å². The van der Waals surface area contributed by atoms with Crippen molar-refractivity contribution in [2.24, 2.45) is 16.5 Å². The van der Waals surface area contributed by atoms with Crippen LogP contribution >= 0.6 is 0 Å². The number of likely N-dealkylation sites (tertiary alicyclic amines) is 1. The molecule has 0 radical (unpaired) electrons. The number of benzene rings is 1. The first-order valence-electron chi connectivity index (χ1n) is 7.39. The van der Waals surface area contributed by atoms with Gasteiger partial charge in [0.25, 0.3) is 0 Å². The first-order valence-corrected chi connectivity index (χ1v) is 7.39. The maximum Gasteiger partial charge on any atom is 0.209 e. The second kappa shape index (κ2) is 6.07. The third kappa shape index (κ3) is 3.13. The van der Waals surface area contributed by atoms with E-state index in [0.29, 0.717) is 12.2 Å². The number of nitrogens with two attached hydrogens (primary N) is 2. The highest BCUT2D eigenvalue weighted by molar-refractivity contribution is 5.79. The fourth-order valence-electron chi connectivity index (χ4n) is 2.69. The SMILES string of the molecule is NC1=NC(N)(c2ccc(OCCN3CCCC3)c(F)c2)NN1. The molecule has 1 unspecified atom stereocenters. The molecular formula is C14H21FN6O. The summed E-state index contributed by atoms with van der Waals surface area (Å²) in [4.78, 5) is 6.32. The minimum Gasteiger partial charge on any atom is -0.489 e. The van der Waals surface area contributed by atoms with E-state index in [1.165, 1.54) is 18.9 Å². The molecule has 1 aromatic rings. The predicted octanol–water partition coefficient (Wildman–Crippen LogP) is -0.208. The molecule has 0 spiro atoms. The number of nitrogens with one attached hydrogen (secondary N) is 2. The number of guanidine groups is 1. The van der Waals surface area contributed by atoms with Crippen LogP contribution in [0.4, 0.5) is 4.39 Å². The molecule has 2 heterocycles. The van der Waals surface area contributed by atoms with Gasteiger partial charge in [-0.3, -0.25) is 16.1 Å². The first-order chi connectivity index (χ1) is 10.6. The van der Waals surface area contributed by atoms with Crippen LogP contribution in [0.25, 0.3) is 0 Å². The Morgan fingerprint density at radius 1 is 1.36 bits per heavy atom. The fraction of sp³-hybridized carbons (Fsp3) is 0.500. The normalized spacial score (nSPS) is 25.1. The Morgan fingerprint density at radius 2 is 2.14 bits per heavy atom. The molecule has 8 heteroatoms. The Morgan fingerprint density at radius 3 is 2.77 bits per heavy atom. The van der Waals surface area contributed by atoms with E-state index < -0.39 is 11.6 Å². The number of aliphatic imine (C=N–C) groups is 1. The zero-order valence-electron chi connectivity index (χ0n) is 12.3. The summed E-state index contributed by atoms with van der Waals surface area (Å²) < 4.78 is 19.7. The maximum atomic E-state index is 14.1. The highest BCUT2D eigenvalue weighted by Crippen LogP contribution is 2.25. The van der Waals surface area contributed by atoms with Crippen molar-refractivity contribution in [3.05, 3.63) is 29.6 Å². The van der Waals surface area contributed by atoms with Crippen LogP contribution in [0, 0.1) is 5.82 Å². The largest absolute Gasteiger partial charge is 0.489 e. The zero-order valence-corrected chi connectivity index (χ0v) is 12.3. The molecule has 3 rings (SSSR count). The van der Waals surface area contributed by atoms with E-state index in [0.717, 1.165) is 19.6 Å².